The minimum absolute atomic E-state index is 0.0476. The van der Waals surface area contributed by atoms with E-state index >= 15 is 0 Å². The number of H-pyrrole nitrogens is 1. The molecule has 2 aromatic rings. The summed E-state index contributed by atoms with van der Waals surface area (Å²) in [5.41, 5.74) is 2.84. The molecule has 3 heterocycles. The van der Waals surface area contributed by atoms with Gasteiger partial charge in [0, 0.05) is 51.0 Å². The van der Waals surface area contributed by atoms with Gasteiger partial charge in [-0.25, -0.2) is 4.98 Å². The smallest absolute Gasteiger partial charge is 0.269 e. The van der Waals surface area contributed by atoms with Crippen molar-refractivity contribution in [1.82, 2.24) is 20.2 Å². The molecule has 2 N–H and O–H groups in total. The van der Waals surface area contributed by atoms with Gasteiger partial charge in [-0.2, -0.15) is 0 Å². The largest absolute Gasteiger partial charge is 0.366 e. The highest BCUT2D eigenvalue weighted by Gasteiger charge is 2.29. The van der Waals surface area contributed by atoms with Crippen LogP contribution in [0.4, 0.5) is 5.69 Å². The summed E-state index contributed by atoms with van der Waals surface area (Å²) in [6.07, 6.45) is 5.01. The molecule has 0 aromatic carbocycles. The summed E-state index contributed by atoms with van der Waals surface area (Å²) in [6.45, 7) is 8.48. The van der Waals surface area contributed by atoms with Crippen molar-refractivity contribution in [3.63, 3.8) is 0 Å². The maximum atomic E-state index is 12.1. The molecule has 8 heteroatoms. The van der Waals surface area contributed by atoms with Crippen LogP contribution in [0.1, 0.15) is 46.9 Å². The number of nitrogens with zero attached hydrogens (tertiary/aromatic N) is 3. The van der Waals surface area contributed by atoms with Gasteiger partial charge in [0.15, 0.2) is 5.15 Å². The Bertz CT molecular complexity index is 1040. The van der Waals surface area contributed by atoms with E-state index in [1.807, 2.05) is 18.2 Å². The molecule has 2 fully saturated rings. The molecule has 4 rings (SSSR count). The zero-order valence-corrected chi connectivity index (χ0v) is 19.2. The van der Waals surface area contributed by atoms with Gasteiger partial charge in [0.25, 0.3) is 11.5 Å². The average molecular weight is 456 g/mol. The van der Waals surface area contributed by atoms with E-state index in [2.05, 4.69) is 31.7 Å². The Balaban J connectivity index is 1.29. The summed E-state index contributed by atoms with van der Waals surface area (Å²) in [6, 6.07) is 7.51. The second kappa shape index (κ2) is 9.88. The highest BCUT2D eigenvalue weighted by molar-refractivity contribution is 6.32. The van der Waals surface area contributed by atoms with Crippen molar-refractivity contribution < 1.29 is 4.79 Å². The predicted molar refractivity (Wildman–Crippen MR) is 129 cm³/mol. The SMILES string of the molecule is C=Cc1ccc([C@@H]2CCC(CN3CCN(c4ccc(C(=O)NC)nc4Cl)CC3)C2)[nH]c1=O. The number of hydrogen-bond acceptors (Lipinski definition) is 5. The van der Waals surface area contributed by atoms with Gasteiger partial charge in [-0.3, -0.25) is 14.5 Å². The number of amides is 1. The van der Waals surface area contributed by atoms with Crippen LogP contribution in [0, 0.1) is 5.92 Å². The number of pyridine rings is 2. The zero-order valence-electron chi connectivity index (χ0n) is 18.4. The predicted octanol–water partition coefficient (Wildman–Crippen LogP) is 3.13. The molecule has 1 saturated carbocycles. The molecule has 1 aliphatic heterocycles. The molecule has 2 aliphatic rings. The highest BCUT2D eigenvalue weighted by Crippen LogP contribution is 2.38. The van der Waals surface area contributed by atoms with Crippen molar-refractivity contribution in [3.05, 3.63) is 63.3 Å². The molecule has 7 nitrogen and oxygen atoms in total. The molecule has 0 spiro atoms. The summed E-state index contributed by atoms with van der Waals surface area (Å²) in [5.74, 6) is 0.835. The Hall–Kier alpha value is -2.64. The second-order valence-corrected chi connectivity index (χ2v) is 9.01. The second-order valence-electron chi connectivity index (χ2n) is 8.65. The van der Waals surface area contributed by atoms with Crippen LogP contribution in [0.25, 0.3) is 6.08 Å². The van der Waals surface area contributed by atoms with Crippen molar-refractivity contribution in [3.8, 4) is 0 Å². The first-order valence-electron chi connectivity index (χ1n) is 11.2. The monoisotopic (exact) mass is 455 g/mol. The maximum absolute atomic E-state index is 12.1. The van der Waals surface area contributed by atoms with E-state index in [4.69, 9.17) is 11.6 Å². The lowest BCUT2D eigenvalue weighted by molar-refractivity contribution is 0.0958. The molecule has 1 saturated heterocycles. The lowest BCUT2D eigenvalue weighted by atomic mass is 10.00. The number of anilines is 1. The van der Waals surface area contributed by atoms with E-state index in [1.165, 1.54) is 6.42 Å². The Labute approximate surface area is 193 Å². The normalized spacial score (nSPS) is 21.5. The van der Waals surface area contributed by atoms with Crippen LogP contribution in [0.3, 0.4) is 0 Å². The summed E-state index contributed by atoms with van der Waals surface area (Å²) in [5, 5.41) is 2.94. The van der Waals surface area contributed by atoms with E-state index < -0.39 is 0 Å². The highest BCUT2D eigenvalue weighted by atomic mass is 35.5. The molecule has 1 unspecified atom stereocenters. The van der Waals surface area contributed by atoms with Crippen LogP contribution < -0.4 is 15.8 Å². The van der Waals surface area contributed by atoms with Crippen LogP contribution in [-0.2, 0) is 0 Å². The Morgan fingerprint density at radius 3 is 2.69 bits per heavy atom. The van der Waals surface area contributed by atoms with Crippen molar-refractivity contribution in [1.29, 1.82) is 0 Å². The fourth-order valence-electron chi connectivity index (χ4n) is 4.88. The van der Waals surface area contributed by atoms with Crippen molar-refractivity contribution >= 4 is 29.3 Å². The quantitative estimate of drug-likeness (QED) is 0.654. The average Bonchev–Trinajstić information content (AvgIpc) is 3.27. The van der Waals surface area contributed by atoms with Crippen molar-refractivity contribution in [2.45, 2.75) is 25.2 Å². The fraction of sp³-hybridized carbons (Fsp3) is 0.458. The van der Waals surface area contributed by atoms with Crippen LogP contribution in [0.5, 0.6) is 0 Å². The summed E-state index contributed by atoms with van der Waals surface area (Å²) >= 11 is 6.37. The van der Waals surface area contributed by atoms with Crippen molar-refractivity contribution in [2.24, 2.45) is 5.92 Å². The van der Waals surface area contributed by atoms with Crippen LogP contribution in [0.15, 0.2) is 35.6 Å². The number of rotatable bonds is 6. The van der Waals surface area contributed by atoms with E-state index in [-0.39, 0.29) is 11.5 Å². The number of hydrogen-bond donors (Lipinski definition) is 2. The molecule has 0 bridgehead atoms. The summed E-state index contributed by atoms with van der Waals surface area (Å²) < 4.78 is 0. The van der Waals surface area contributed by atoms with Crippen LogP contribution >= 0.6 is 11.6 Å². The first-order chi connectivity index (χ1) is 15.5. The lowest BCUT2D eigenvalue weighted by Crippen LogP contribution is -2.47. The number of aromatic nitrogens is 2. The lowest BCUT2D eigenvalue weighted by Gasteiger charge is -2.37. The molecular weight excluding hydrogens is 426 g/mol. The Kier molecular flexibility index (Phi) is 6.96. The van der Waals surface area contributed by atoms with E-state index in [0.29, 0.717) is 28.2 Å². The minimum Gasteiger partial charge on any atom is -0.366 e. The molecule has 32 heavy (non-hydrogen) atoms. The molecule has 1 aliphatic carbocycles. The third kappa shape index (κ3) is 4.89. The third-order valence-electron chi connectivity index (χ3n) is 6.68. The van der Waals surface area contributed by atoms with Crippen molar-refractivity contribution in [2.75, 3.05) is 44.7 Å². The molecule has 2 aromatic heterocycles. The van der Waals surface area contributed by atoms with E-state index in [9.17, 15) is 9.59 Å². The molecule has 2 atom stereocenters. The summed E-state index contributed by atoms with van der Waals surface area (Å²) in [7, 11) is 1.58. The number of halogens is 1. The Morgan fingerprint density at radius 1 is 1.25 bits per heavy atom. The van der Waals surface area contributed by atoms with Gasteiger partial charge in [0.05, 0.1) is 5.69 Å². The maximum Gasteiger partial charge on any atom is 0.269 e. The first kappa shape index (κ1) is 22.6. The number of aromatic amines is 1. The topological polar surface area (TPSA) is 81.3 Å². The molecule has 170 valence electrons. The number of carbonyl (C=O) groups is 1. The Morgan fingerprint density at radius 2 is 2.03 bits per heavy atom. The number of carbonyl (C=O) groups excluding carboxylic acids is 1. The van der Waals surface area contributed by atoms with Gasteiger partial charge in [-0.15, -0.1) is 0 Å². The van der Waals surface area contributed by atoms with Gasteiger partial charge in [0.1, 0.15) is 5.69 Å². The summed E-state index contributed by atoms with van der Waals surface area (Å²) in [4.78, 5) is 35.9. The third-order valence-corrected chi connectivity index (χ3v) is 6.96. The van der Waals surface area contributed by atoms with Crippen LogP contribution in [-0.4, -0.2) is 60.5 Å². The zero-order chi connectivity index (χ0) is 22.7. The van der Waals surface area contributed by atoms with Gasteiger partial charge in [0.2, 0.25) is 0 Å². The van der Waals surface area contributed by atoms with Crippen LogP contribution in [0.2, 0.25) is 5.15 Å². The molecule has 0 radical (unpaired) electrons. The minimum atomic E-state index is -0.237. The van der Waals surface area contributed by atoms with Gasteiger partial charge in [-0.05, 0) is 55.4 Å². The van der Waals surface area contributed by atoms with Gasteiger partial charge < -0.3 is 15.2 Å². The molecule has 1 amide bonds. The fourth-order valence-corrected chi connectivity index (χ4v) is 5.15. The molecular formula is C24H30ClN5O2. The standard InChI is InChI=1S/C24H30ClN5O2/c1-3-17-6-7-19(28-23(17)31)18-5-4-16(14-18)15-29-10-12-30(13-11-29)21-9-8-20(24(32)26-2)27-22(21)25/h3,6-9,16,18H,1,4-5,10-15H2,2H3,(H,26,32)(H,28,31)/t16?,18-/m1/s1. The number of piperazine rings is 1. The number of nitrogens with one attached hydrogen (secondary N) is 2. The van der Waals surface area contributed by atoms with Gasteiger partial charge >= 0.3 is 0 Å². The van der Waals surface area contributed by atoms with E-state index in [0.717, 1.165) is 56.9 Å². The first-order valence-corrected chi connectivity index (χ1v) is 11.6. The van der Waals surface area contributed by atoms with Gasteiger partial charge in [-0.1, -0.05) is 24.3 Å². The van der Waals surface area contributed by atoms with E-state index in [1.54, 1.807) is 19.2 Å².